The molecule has 1 aromatic carbocycles. The maximum absolute atomic E-state index is 12.7. The fourth-order valence-electron chi connectivity index (χ4n) is 3.42. The molecule has 1 aromatic rings. The molecule has 134 valence electrons. The first kappa shape index (κ1) is 17.5. The van der Waals surface area contributed by atoms with E-state index in [1.807, 2.05) is 0 Å². The highest BCUT2D eigenvalue weighted by Gasteiger charge is 2.57. The molecule has 1 fully saturated rings. The fourth-order valence-corrected chi connectivity index (χ4v) is 3.59. The summed E-state index contributed by atoms with van der Waals surface area (Å²) in [6.45, 7) is 5.20. The second-order valence-corrected chi connectivity index (χ2v) is 7.89. The third kappa shape index (κ3) is 2.93. The number of amides is 3. The number of primary amides is 1. The normalized spacial score (nSPS) is 25.0. The summed E-state index contributed by atoms with van der Waals surface area (Å²) in [7, 11) is 0. The van der Waals surface area contributed by atoms with E-state index >= 15 is 0 Å². The number of anilines is 1. The van der Waals surface area contributed by atoms with Crippen LogP contribution in [-0.4, -0.2) is 41.0 Å². The molecule has 7 nitrogen and oxygen atoms in total. The van der Waals surface area contributed by atoms with Crippen molar-refractivity contribution in [2.45, 2.75) is 44.2 Å². The Balaban J connectivity index is 2.01. The molecule has 8 heteroatoms. The molecule has 0 saturated carbocycles. The highest BCUT2D eigenvalue weighted by Crippen LogP contribution is 2.47. The van der Waals surface area contributed by atoms with Gasteiger partial charge in [0.25, 0.3) is 0 Å². The quantitative estimate of drug-likeness (QED) is 0.794. The number of benzene rings is 1. The summed E-state index contributed by atoms with van der Waals surface area (Å²) in [6, 6.07) is 4.14. The molecule has 2 aliphatic rings. The van der Waals surface area contributed by atoms with E-state index in [0.717, 1.165) is 0 Å². The average Bonchev–Trinajstić information content (AvgIpc) is 3.00. The predicted molar refractivity (Wildman–Crippen MR) is 92.3 cm³/mol. The molecule has 0 aromatic heterocycles. The molecule has 1 saturated heterocycles. The van der Waals surface area contributed by atoms with Crippen LogP contribution in [0.15, 0.2) is 18.2 Å². The Morgan fingerprint density at radius 3 is 2.68 bits per heavy atom. The van der Waals surface area contributed by atoms with E-state index in [4.69, 9.17) is 22.1 Å². The van der Waals surface area contributed by atoms with Gasteiger partial charge in [0.2, 0.25) is 11.8 Å². The second kappa shape index (κ2) is 5.62. The number of carbonyl (C=O) groups excluding carboxylic acids is 3. The predicted octanol–water partition coefficient (Wildman–Crippen LogP) is 2.02. The zero-order valence-electron chi connectivity index (χ0n) is 14.3. The minimum Gasteiger partial charge on any atom is -0.444 e. The molecular formula is C17H20ClN3O4. The molecule has 3 rings (SSSR count). The third-order valence-corrected chi connectivity index (χ3v) is 4.73. The van der Waals surface area contributed by atoms with Crippen molar-refractivity contribution in [1.29, 1.82) is 0 Å². The molecule has 0 bridgehead atoms. The van der Waals surface area contributed by atoms with Crippen LogP contribution < -0.4 is 11.1 Å². The monoisotopic (exact) mass is 365 g/mol. The largest absolute Gasteiger partial charge is 0.444 e. The van der Waals surface area contributed by atoms with Gasteiger partial charge in [-0.05, 0) is 51.0 Å². The number of ether oxygens (including phenoxy) is 1. The van der Waals surface area contributed by atoms with Crippen molar-refractivity contribution in [2.75, 3.05) is 11.9 Å². The lowest BCUT2D eigenvalue weighted by Gasteiger charge is -2.27. The number of rotatable bonds is 1. The Hall–Kier alpha value is -2.28. The van der Waals surface area contributed by atoms with Gasteiger partial charge in [-0.1, -0.05) is 11.6 Å². The number of nitrogens with zero attached hydrogens (tertiary/aromatic N) is 1. The molecule has 25 heavy (non-hydrogen) atoms. The van der Waals surface area contributed by atoms with Gasteiger partial charge in [-0.3, -0.25) is 14.5 Å². The summed E-state index contributed by atoms with van der Waals surface area (Å²) < 4.78 is 5.37. The Bertz CT molecular complexity index is 774. The number of carbonyl (C=O) groups is 3. The molecule has 1 spiro atoms. The van der Waals surface area contributed by atoms with Crippen LogP contribution in [0.5, 0.6) is 0 Å². The van der Waals surface area contributed by atoms with E-state index in [-0.39, 0.29) is 18.9 Å². The molecule has 0 radical (unpaired) electrons. The lowest BCUT2D eigenvalue weighted by Crippen LogP contribution is -2.46. The lowest BCUT2D eigenvalue weighted by molar-refractivity contribution is -0.122. The van der Waals surface area contributed by atoms with Gasteiger partial charge in [0.15, 0.2) is 0 Å². The summed E-state index contributed by atoms with van der Waals surface area (Å²) in [6.07, 6.45) is -0.572. The van der Waals surface area contributed by atoms with Gasteiger partial charge >= 0.3 is 6.09 Å². The van der Waals surface area contributed by atoms with Crippen molar-refractivity contribution in [3.63, 3.8) is 0 Å². The number of likely N-dealkylation sites (tertiary alicyclic amines) is 1. The number of halogens is 1. The van der Waals surface area contributed by atoms with Crippen LogP contribution in [0.3, 0.4) is 0 Å². The molecule has 2 atom stereocenters. The van der Waals surface area contributed by atoms with E-state index < -0.39 is 29.1 Å². The standard InChI is InChI=1S/C17H20ClN3O4/c1-16(2,3)25-15(24)21-8-17(7-12(21)13(19)22)10-6-9(18)4-5-11(10)20-14(17)23/h4-6,12H,7-8H2,1-3H3,(H2,19,22)(H,20,23)/t12-,17-/m0/s1. The van der Waals surface area contributed by atoms with Crippen LogP contribution in [0.25, 0.3) is 0 Å². The van der Waals surface area contributed by atoms with E-state index in [1.54, 1.807) is 39.0 Å². The first-order valence-electron chi connectivity index (χ1n) is 7.94. The maximum atomic E-state index is 12.7. The van der Waals surface area contributed by atoms with Gasteiger partial charge in [-0.2, -0.15) is 0 Å². The topological polar surface area (TPSA) is 102 Å². The van der Waals surface area contributed by atoms with Crippen molar-refractivity contribution in [2.24, 2.45) is 5.73 Å². The van der Waals surface area contributed by atoms with E-state index in [2.05, 4.69) is 5.32 Å². The lowest BCUT2D eigenvalue weighted by atomic mass is 9.79. The molecule has 0 unspecified atom stereocenters. The molecule has 3 amide bonds. The number of fused-ring (bicyclic) bond motifs is 2. The van der Waals surface area contributed by atoms with Crippen molar-refractivity contribution >= 4 is 35.2 Å². The van der Waals surface area contributed by atoms with Crippen LogP contribution in [0.1, 0.15) is 32.8 Å². The summed E-state index contributed by atoms with van der Waals surface area (Å²) >= 11 is 6.08. The summed E-state index contributed by atoms with van der Waals surface area (Å²) in [5.41, 5.74) is 5.00. The number of nitrogens with one attached hydrogen (secondary N) is 1. The number of hydrogen-bond acceptors (Lipinski definition) is 4. The fraction of sp³-hybridized carbons (Fsp3) is 0.471. The minimum atomic E-state index is -1.06. The minimum absolute atomic E-state index is 0.00863. The smallest absolute Gasteiger partial charge is 0.411 e. The van der Waals surface area contributed by atoms with E-state index in [9.17, 15) is 14.4 Å². The van der Waals surface area contributed by atoms with Gasteiger partial charge < -0.3 is 15.8 Å². The van der Waals surface area contributed by atoms with Crippen LogP contribution in [0.2, 0.25) is 5.02 Å². The Labute approximate surface area is 150 Å². The molecule has 2 aliphatic heterocycles. The Morgan fingerprint density at radius 2 is 2.08 bits per heavy atom. The summed E-state index contributed by atoms with van der Waals surface area (Å²) in [5.74, 6) is -0.951. The maximum Gasteiger partial charge on any atom is 0.411 e. The highest BCUT2D eigenvalue weighted by molar-refractivity contribution is 6.31. The summed E-state index contributed by atoms with van der Waals surface area (Å²) in [5, 5.41) is 3.27. The number of nitrogens with two attached hydrogens (primary N) is 1. The SMILES string of the molecule is CC(C)(C)OC(=O)N1C[C@]2(C[C@H]1C(N)=O)C(=O)Nc1ccc(Cl)cc12. The van der Waals surface area contributed by atoms with Crippen molar-refractivity contribution in [3.05, 3.63) is 28.8 Å². The van der Waals surface area contributed by atoms with Gasteiger partial charge in [-0.15, -0.1) is 0 Å². The van der Waals surface area contributed by atoms with Crippen LogP contribution in [0.4, 0.5) is 10.5 Å². The van der Waals surface area contributed by atoms with Crippen molar-refractivity contribution < 1.29 is 19.1 Å². The zero-order valence-corrected chi connectivity index (χ0v) is 15.0. The average molecular weight is 366 g/mol. The second-order valence-electron chi connectivity index (χ2n) is 7.46. The first-order chi connectivity index (χ1) is 11.5. The molecule has 2 heterocycles. The molecule has 3 N–H and O–H groups in total. The highest BCUT2D eigenvalue weighted by atomic mass is 35.5. The zero-order chi connectivity index (χ0) is 18.6. The Morgan fingerprint density at radius 1 is 1.40 bits per heavy atom. The Kier molecular flexibility index (Phi) is 3.95. The van der Waals surface area contributed by atoms with Crippen LogP contribution in [-0.2, 0) is 19.7 Å². The first-order valence-corrected chi connectivity index (χ1v) is 8.32. The van der Waals surface area contributed by atoms with Crippen molar-refractivity contribution in [1.82, 2.24) is 4.90 Å². The van der Waals surface area contributed by atoms with Crippen LogP contribution in [0, 0.1) is 0 Å². The molecular weight excluding hydrogens is 346 g/mol. The van der Waals surface area contributed by atoms with Crippen LogP contribution >= 0.6 is 11.6 Å². The summed E-state index contributed by atoms with van der Waals surface area (Å²) in [4.78, 5) is 38.4. The van der Waals surface area contributed by atoms with E-state index in [1.165, 1.54) is 4.90 Å². The van der Waals surface area contributed by atoms with Gasteiger partial charge in [-0.25, -0.2) is 4.79 Å². The van der Waals surface area contributed by atoms with Crippen molar-refractivity contribution in [3.8, 4) is 0 Å². The van der Waals surface area contributed by atoms with E-state index in [0.29, 0.717) is 16.3 Å². The number of hydrogen-bond donors (Lipinski definition) is 2. The van der Waals surface area contributed by atoms with Gasteiger partial charge in [0.1, 0.15) is 11.6 Å². The van der Waals surface area contributed by atoms with Gasteiger partial charge in [0.05, 0.1) is 5.41 Å². The molecule has 0 aliphatic carbocycles. The van der Waals surface area contributed by atoms with Gasteiger partial charge in [0, 0.05) is 17.3 Å². The third-order valence-electron chi connectivity index (χ3n) is 4.49.